The van der Waals surface area contributed by atoms with Gasteiger partial charge in [-0.2, -0.15) is 8.78 Å². The number of carboxylic acids is 1. The van der Waals surface area contributed by atoms with Gasteiger partial charge in [0.25, 0.3) is 0 Å². The molecule has 0 saturated heterocycles. The second-order valence-electron chi connectivity index (χ2n) is 3.47. The number of alkyl halides is 2. The first-order valence-corrected chi connectivity index (χ1v) is 5.45. The van der Waals surface area contributed by atoms with Gasteiger partial charge in [-0.05, 0) is 25.0 Å². The molecule has 0 heterocycles. The predicted molar refractivity (Wildman–Crippen MR) is 60.2 cm³/mol. The Hall–Kier alpha value is -1.85. The van der Waals surface area contributed by atoms with Gasteiger partial charge in [0.2, 0.25) is 0 Å². The van der Waals surface area contributed by atoms with Gasteiger partial charge in [0.05, 0.1) is 6.61 Å². The molecule has 1 aromatic carbocycles. The molecule has 0 bridgehead atoms. The Kier molecular flexibility index (Phi) is 5.35. The van der Waals surface area contributed by atoms with Crippen molar-refractivity contribution in [3.8, 4) is 11.5 Å². The van der Waals surface area contributed by atoms with Crippen molar-refractivity contribution >= 4 is 5.97 Å². The van der Waals surface area contributed by atoms with Crippen molar-refractivity contribution in [1.29, 1.82) is 0 Å². The summed E-state index contributed by atoms with van der Waals surface area (Å²) in [5.74, 6) is -0.628. The van der Waals surface area contributed by atoms with Crippen molar-refractivity contribution in [2.75, 3.05) is 6.61 Å². The molecule has 1 N–H and O–H groups in total. The number of halogens is 2. The van der Waals surface area contributed by atoms with Crippen LogP contribution in [0, 0.1) is 0 Å². The fourth-order valence-corrected chi connectivity index (χ4v) is 1.45. The number of rotatable bonds is 7. The average molecular weight is 260 g/mol. The minimum absolute atomic E-state index is 0.0443. The molecule has 0 amide bonds. The van der Waals surface area contributed by atoms with E-state index in [0.29, 0.717) is 17.9 Å². The van der Waals surface area contributed by atoms with Crippen molar-refractivity contribution in [2.24, 2.45) is 0 Å². The second kappa shape index (κ2) is 6.78. The second-order valence-corrected chi connectivity index (χ2v) is 3.47. The summed E-state index contributed by atoms with van der Waals surface area (Å²) in [7, 11) is 0. The lowest BCUT2D eigenvalue weighted by atomic mass is 10.1. The molecule has 0 aromatic heterocycles. The molecular formula is C12H14F2O4. The maximum atomic E-state index is 12.2. The van der Waals surface area contributed by atoms with Crippen molar-refractivity contribution in [3.05, 3.63) is 23.8 Å². The summed E-state index contributed by atoms with van der Waals surface area (Å²) in [6.45, 7) is -0.778. The van der Waals surface area contributed by atoms with Gasteiger partial charge in [-0.25, -0.2) is 0 Å². The van der Waals surface area contributed by atoms with Crippen LogP contribution in [0.1, 0.15) is 18.9 Å². The Morgan fingerprint density at radius 2 is 2.17 bits per heavy atom. The van der Waals surface area contributed by atoms with Crippen LogP contribution in [0.2, 0.25) is 0 Å². The number of benzene rings is 1. The van der Waals surface area contributed by atoms with Crippen LogP contribution in [0.4, 0.5) is 8.78 Å². The molecule has 1 aromatic rings. The third-order valence-corrected chi connectivity index (χ3v) is 2.17. The molecule has 0 aliphatic carbocycles. The summed E-state index contributed by atoms with van der Waals surface area (Å²) in [6, 6.07) is 4.47. The maximum absolute atomic E-state index is 12.2. The number of hydrogen-bond donors (Lipinski definition) is 1. The fourth-order valence-electron chi connectivity index (χ4n) is 1.45. The van der Waals surface area contributed by atoms with Crippen LogP contribution < -0.4 is 9.47 Å². The van der Waals surface area contributed by atoms with Crippen LogP contribution in [0.25, 0.3) is 0 Å². The number of aliphatic carboxylic acids is 1. The fraction of sp³-hybridized carbons (Fsp3) is 0.417. The molecular weight excluding hydrogens is 246 g/mol. The number of aryl methyl sites for hydroxylation is 1. The highest BCUT2D eigenvalue weighted by molar-refractivity contribution is 5.67. The quantitative estimate of drug-likeness (QED) is 0.819. The zero-order valence-electron chi connectivity index (χ0n) is 9.86. The summed E-state index contributed by atoms with van der Waals surface area (Å²) in [5, 5.41) is 8.57. The summed E-state index contributed by atoms with van der Waals surface area (Å²) in [5.41, 5.74) is 0.418. The molecule has 0 saturated carbocycles. The van der Waals surface area contributed by atoms with Crippen LogP contribution >= 0.6 is 0 Å². The highest BCUT2D eigenvalue weighted by Gasteiger charge is 2.12. The van der Waals surface area contributed by atoms with E-state index in [2.05, 4.69) is 4.74 Å². The van der Waals surface area contributed by atoms with Crippen molar-refractivity contribution < 1.29 is 28.2 Å². The molecule has 18 heavy (non-hydrogen) atoms. The Balaban J connectivity index is 2.88. The minimum Gasteiger partial charge on any atom is -0.494 e. The zero-order chi connectivity index (χ0) is 13.5. The highest BCUT2D eigenvalue weighted by atomic mass is 19.3. The van der Waals surface area contributed by atoms with Gasteiger partial charge < -0.3 is 14.6 Å². The average Bonchev–Trinajstić information content (AvgIpc) is 2.27. The van der Waals surface area contributed by atoms with Gasteiger partial charge in [0, 0.05) is 12.5 Å². The van der Waals surface area contributed by atoms with Crippen LogP contribution in [0.3, 0.4) is 0 Å². The number of ether oxygens (including phenoxy) is 2. The van der Waals surface area contributed by atoms with Crippen molar-refractivity contribution in [3.63, 3.8) is 0 Å². The van der Waals surface area contributed by atoms with E-state index in [1.54, 1.807) is 13.0 Å². The van der Waals surface area contributed by atoms with Gasteiger partial charge in [-0.15, -0.1) is 0 Å². The van der Waals surface area contributed by atoms with Crippen LogP contribution in [0.5, 0.6) is 11.5 Å². The zero-order valence-corrected chi connectivity index (χ0v) is 9.86. The summed E-state index contributed by atoms with van der Waals surface area (Å²) in [6.07, 6.45) is -0.0165. The Morgan fingerprint density at radius 3 is 2.72 bits per heavy atom. The first-order chi connectivity index (χ1) is 8.52. The number of carbonyl (C=O) groups is 1. The van der Waals surface area contributed by atoms with E-state index in [1.165, 1.54) is 12.1 Å². The van der Waals surface area contributed by atoms with Gasteiger partial charge in [0.15, 0.2) is 0 Å². The van der Waals surface area contributed by atoms with Crippen LogP contribution in [-0.4, -0.2) is 24.3 Å². The molecule has 6 heteroatoms. The highest BCUT2D eigenvalue weighted by Crippen LogP contribution is 2.27. The number of carboxylic acid groups (broad SMARTS) is 1. The largest absolute Gasteiger partial charge is 0.494 e. The van der Waals surface area contributed by atoms with E-state index < -0.39 is 12.6 Å². The first kappa shape index (κ1) is 14.2. The van der Waals surface area contributed by atoms with Gasteiger partial charge >= 0.3 is 12.6 Å². The monoisotopic (exact) mass is 260 g/mol. The smallest absolute Gasteiger partial charge is 0.387 e. The van der Waals surface area contributed by atoms with Gasteiger partial charge in [-0.3, -0.25) is 4.79 Å². The molecule has 0 spiro atoms. The van der Waals surface area contributed by atoms with Gasteiger partial charge in [0.1, 0.15) is 11.5 Å². The summed E-state index contributed by atoms with van der Waals surface area (Å²) >= 11 is 0. The Labute approximate surface area is 103 Å². The molecule has 0 aliphatic heterocycles. The third kappa shape index (κ3) is 4.57. The van der Waals surface area contributed by atoms with Gasteiger partial charge in [-0.1, -0.05) is 6.07 Å². The third-order valence-electron chi connectivity index (χ3n) is 2.17. The standard InChI is InChI=1S/C12H14F2O4/c1-2-17-9-5-3-8(4-6-11(15)16)10(7-9)18-12(13)14/h3,5,7,12H,2,4,6H2,1H3,(H,15,16). The molecule has 0 radical (unpaired) electrons. The molecule has 4 nitrogen and oxygen atoms in total. The van der Waals surface area contributed by atoms with E-state index in [0.717, 1.165) is 0 Å². The van der Waals surface area contributed by atoms with E-state index >= 15 is 0 Å². The van der Waals surface area contributed by atoms with E-state index in [9.17, 15) is 13.6 Å². The van der Waals surface area contributed by atoms with Crippen LogP contribution in [0.15, 0.2) is 18.2 Å². The summed E-state index contributed by atoms with van der Waals surface area (Å²) in [4.78, 5) is 10.5. The topological polar surface area (TPSA) is 55.8 Å². The molecule has 100 valence electrons. The first-order valence-electron chi connectivity index (χ1n) is 5.45. The maximum Gasteiger partial charge on any atom is 0.387 e. The molecule has 0 unspecified atom stereocenters. The van der Waals surface area contributed by atoms with E-state index in [-0.39, 0.29) is 18.6 Å². The number of hydrogen-bond acceptors (Lipinski definition) is 3. The van der Waals surface area contributed by atoms with E-state index in [1.807, 2.05) is 0 Å². The lowest BCUT2D eigenvalue weighted by molar-refractivity contribution is -0.136. The lowest BCUT2D eigenvalue weighted by Gasteiger charge is -2.12. The predicted octanol–water partition coefficient (Wildman–Crippen LogP) is 2.70. The van der Waals surface area contributed by atoms with Crippen molar-refractivity contribution in [1.82, 2.24) is 0 Å². The minimum atomic E-state index is -2.95. The normalized spacial score (nSPS) is 10.4. The molecule has 0 fully saturated rings. The molecule has 0 aliphatic rings. The lowest BCUT2D eigenvalue weighted by Crippen LogP contribution is -2.06. The van der Waals surface area contributed by atoms with E-state index in [4.69, 9.17) is 9.84 Å². The Bertz CT molecular complexity index is 407. The SMILES string of the molecule is CCOc1ccc(CCC(=O)O)c(OC(F)F)c1. The van der Waals surface area contributed by atoms with Crippen LogP contribution in [-0.2, 0) is 11.2 Å². The van der Waals surface area contributed by atoms with Crippen molar-refractivity contribution in [2.45, 2.75) is 26.4 Å². The molecule has 0 atom stereocenters. The Morgan fingerprint density at radius 1 is 1.44 bits per heavy atom. The molecule has 1 rings (SSSR count). The summed E-state index contributed by atoms with van der Waals surface area (Å²) < 4.78 is 34.0.